The van der Waals surface area contributed by atoms with Crippen LogP contribution >= 0.6 is 0 Å². The molecule has 0 aliphatic carbocycles. The smallest absolute Gasteiger partial charge is 0.119 e. The van der Waals surface area contributed by atoms with Crippen molar-refractivity contribution < 1.29 is 17.1 Å². The number of hydrogen-bond donors (Lipinski definition) is 1. The monoisotopic (exact) mass is 240 g/mol. The number of nitrogens with one attached hydrogen (secondary N) is 1. The molecule has 0 amide bonds. The minimum Gasteiger partial charge on any atom is -1.00 e. The zero-order chi connectivity index (χ0) is 10.5. The van der Waals surface area contributed by atoms with Crippen molar-refractivity contribution in [1.82, 2.24) is 5.32 Å². The van der Waals surface area contributed by atoms with Gasteiger partial charge in [-0.25, -0.2) is 0 Å². The summed E-state index contributed by atoms with van der Waals surface area (Å²) in [6.45, 7) is 5.21. The third kappa shape index (κ3) is 4.03. The maximum atomic E-state index is 5.76. The molecule has 1 saturated heterocycles. The summed E-state index contributed by atoms with van der Waals surface area (Å²) in [7, 11) is 0. The molecule has 1 aromatic carbocycles. The van der Waals surface area contributed by atoms with Crippen molar-refractivity contribution >= 4 is 0 Å². The van der Waals surface area contributed by atoms with Crippen LogP contribution in [0.4, 0.5) is 0 Å². The van der Waals surface area contributed by atoms with Crippen molar-refractivity contribution in [3.63, 3.8) is 0 Å². The highest BCUT2D eigenvalue weighted by molar-refractivity contribution is 5.26. The molecule has 1 heterocycles. The molecule has 2 nitrogen and oxygen atoms in total. The summed E-state index contributed by atoms with van der Waals surface area (Å²) in [4.78, 5) is 0. The van der Waals surface area contributed by atoms with Crippen LogP contribution in [0.1, 0.15) is 18.4 Å². The molecule has 1 aliphatic rings. The van der Waals surface area contributed by atoms with Crippen LogP contribution in [0.15, 0.2) is 24.3 Å². The molecule has 0 aromatic heterocycles. The van der Waals surface area contributed by atoms with E-state index in [2.05, 4.69) is 24.4 Å². The minimum absolute atomic E-state index is 0. The lowest BCUT2D eigenvalue weighted by atomic mass is 10.0. The van der Waals surface area contributed by atoms with Crippen LogP contribution in [-0.2, 0) is 0 Å². The van der Waals surface area contributed by atoms with E-state index >= 15 is 0 Å². The number of rotatable bonds is 3. The van der Waals surface area contributed by atoms with Gasteiger partial charge in [0.15, 0.2) is 0 Å². The number of halogens is 1. The van der Waals surface area contributed by atoms with Crippen LogP contribution in [0.5, 0.6) is 5.75 Å². The van der Waals surface area contributed by atoms with Gasteiger partial charge < -0.3 is 22.5 Å². The van der Waals surface area contributed by atoms with Gasteiger partial charge in [-0.05, 0) is 38.4 Å². The van der Waals surface area contributed by atoms with Crippen LogP contribution in [-0.4, -0.2) is 19.7 Å². The third-order valence-electron chi connectivity index (χ3n) is 2.91. The maximum Gasteiger partial charge on any atom is 0.119 e. The zero-order valence-corrected chi connectivity index (χ0v) is 10.5. The first-order chi connectivity index (χ1) is 7.34. The van der Waals surface area contributed by atoms with E-state index in [1.165, 1.54) is 24.9 Å². The molecule has 16 heavy (non-hydrogen) atoms. The SMILES string of the molecule is Cc1ccc(OCC2CCCNC2)cc1.[Cl-]. The molecule has 0 bridgehead atoms. The predicted octanol–water partition coefficient (Wildman–Crippen LogP) is -0.623. The molecule has 1 aromatic rings. The lowest BCUT2D eigenvalue weighted by Crippen LogP contribution is -3.00. The van der Waals surface area contributed by atoms with Crippen LogP contribution in [0.3, 0.4) is 0 Å². The Bertz CT molecular complexity index is 293. The summed E-state index contributed by atoms with van der Waals surface area (Å²) in [5.74, 6) is 1.67. The molecule has 1 N–H and O–H groups in total. The predicted molar refractivity (Wildman–Crippen MR) is 62.3 cm³/mol. The van der Waals surface area contributed by atoms with Gasteiger partial charge in [-0.2, -0.15) is 0 Å². The average molecular weight is 241 g/mol. The summed E-state index contributed by atoms with van der Waals surface area (Å²) in [5, 5.41) is 3.40. The molecule has 90 valence electrons. The van der Waals surface area contributed by atoms with E-state index in [0.29, 0.717) is 5.92 Å². The second-order valence-corrected chi connectivity index (χ2v) is 4.34. The molecule has 3 heteroatoms. The summed E-state index contributed by atoms with van der Waals surface area (Å²) in [6, 6.07) is 8.28. The van der Waals surface area contributed by atoms with Crippen molar-refractivity contribution in [2.45, 2.75) is 19.8 Å². The van der Waals surface area contributed by atoms with E-state index in [0.717, 1.165) is 18.9 Å². The van der Waals surface area contributed by atoms with E-state index < -0.39 is 0 Å². The Morgan fingerprint density at radius 1 is 1.31 bits per heavy atom. The standard InChI is InChI=1S/C13H19NO.ClH/c1-11-4-6-13(7-5-11)15-10-12-3-2-8-14-9-12;/h4-7,12,14H,2-3,8-10H2,1H3;1H/p-1. The van der Waals surface area contributed by atoms with Crippen LogP contribution in [0, 0.1) is 12.8 Å². The van der Waals surface area contributed by atoms with Crippen molar-refractivity contribution in [3.05, 3.63) is 29.8 Å². The normalized spacial score (nSPS) is 19.9. The Labute approximate surface area is 104 Å². The molecule has 1 fully saturated rings. The van der Waals surface area contributed by atoms with Gasteiger partial charge in [-0.3, -0.25) is 0 Å². The highest BCUT2D eigenvalue weighted by Gasteiger charge is 2.13. The summed E-state index contributed by atoms with van der Waals surface area (Å²) in [6.07, 6.45) is 2.57. The van der Waals surface area contributed by atoms with Crippen LogP contribution in [0.2, 0.25) is 0 Å². The summed E-state index contributed by atoms with van der Waals surface area (Å²) >= 11 is 0. The molecule has 0 radical (unpaired) electrons. The van der Waals surface area contributed by atoms with Gasteiger partial charge in [-0.1, -0.05) is 17.7 Å². The third-order valence-corrected chi connectivity index (χ3v) is 2.91. The largest absolute Gasteiger partial charge is 1.00 e. The topological polar surface area (TPSA) is 21.3 Å². The molecule has 0 spiro atoms. The first-order valence-electron chi connectivity index (χ1n) is 5.75. The Balaban J connectivity index is 0.00000128. The fourth-order valence-corrected chi connectivity index (χ4v) is 1.91. The first-order valence-corrected chi connectivity index (χ1v) is 5.75. The van der Waals surface area contributed by atoms with Gasteiger partial charge in [0.05, 0.1) is 6.61 Å². The van der Waals surface area contributed by atoms with Crippen LogP contribution < -0.4 is 22.5 Å². The van der Waals surface area contributed by atoms with Crippen molar-refractivity contribution in [2.75, 3.05) is 19.7 Å². The van der Waals surface area contributed by atoms with Gasteiger partial charge in [0.2, 0.25) is 0 Å². The first kappa shape index (κ1) is 13.3. The van der Waals surface area contributed by atoms with Crippen molar-refractivity contribution in [2.24, 2.45) is 5.92 Å². The number of aryl methyl sites for hydroxylation is 1. The second kappa shape index (κ2) is 6.77. The molecular formula is C13H19ClNO-. The van der Waals surface area contributed by atoms with Gasteiger partial charge in [0.1, 0.15) is 5.75 Å². The van der Waals surface area contributed by atoms with Crippen molar-refractivity contribution in [3.8, 4) is 5.75 Å². The lowest BCUT2D eigenvalue weighted by molar-refractivity contribution is -0.00000363. The second-order valence-electron chi connectivity index (χ2n) is 4.34. The number of piperidine rings is 1. The van der Waals surface area contributed by atoms with E-state index in [4.69, 9.17) is 4.74 Å². The molecule has 1 aliphatic heterocycles. The molecule has 1 unspecified atom stereocenters. The highest BCUT2D eigenvalue weighted by atomic mass is 35.5. The van der Waals surface area contributed by atoms with E-state index in [9.17, 15) is 0 Å². The maximum absolute atomic E-state index is 5.76. The van der Waals surface area contributed by atoms with E-state index in [1.807, 2.05) is 12.1 Å². The highest BCUT2D eigenvalue weighted by Crippen LogP contribution is 2.15. The Morgan fingerprint density at radius 3 is 2.69 bits per heavy atom. The van der Waals surface area contributed by atoms with Gasteiger partial charge in [-0.15, -0.1) is 0 Å². The number of ether oxygens (including phenoxy) is 1. The Morgan fingerprint density at radius 2 is 2.06 bits per heavy atom. The molecular weight excluding hydrogens is 222 g/mol. The molecule has 0 saturated carbocycles. The van der Waals surface area contributed by atoms with E-state index in [-0.39, 0.29) is 12.4 Å². The Kier molecular flexibility index (Phi) is 5.64. The van der Waals surface area contributed by atoms with Crippen LogP contribution in [0.25, 0.3) is 0 Å². The fourth-order valence-electron chi connectivity index (χ4n) is 1.91. The Hall–Kier alpha value is -0.730. The van der Waals surface area contributed by atoms with Gasteiger partial charge in [0, 0.05) is 12.5 Å². The number of hydrogen-bond acceptors (Lipinski definition) is 2. The average Bonchev–Trinajstić information content (AvgIpc) is 2.30. The quantitative estimate of drug-likeness (QED) is 0.761. The van der Waals surface area contributed by atoms with Gasteiger partial charge >= 0.3 is 0 Å². The minimum atomic E-state index is 0. The van der Waals surface area contributed by atoms with Gasteiger partial charge in [0.25, 0.3) is 0 Å². The zero-order valence-electron chi connectivity index (χ0n) is 9.71. The molecule has 2 rings (SSSR count). The summed E-state index contributed by atoms with van der Waals surface area (Å²) in [5.41, 5.74) is 1.28. The number of benzene rings is 1. The fraction of sp³-hybridized carbons (Fsp3) is 0.538. The lowest BCUT2D eigenvalue weighted by Gasteiger charge is -2.22. The molecule has 1 atom stereocenters. The van der Waals surface area contributed by atoms with E-state index in [1.54, 1.807) is 0 Å². The van der Waals surface area contributed by atoms with Crippen molar-refractivity contribution in [1.29, 1.82) is 0 Å². The summed E-state index contributed by atoms with van der Waals surface area (Å²) < 4.78 is 5.76.